The monoisotopic (exact) mass is 471 g/mol. The molecule has 0 bridgehead atoms. The molecule has 34 heavy (non-hydrogen) atoms. The molecule has 0 radical (unpaired) electrons. The van der Waals surface area contributed by atoms with Gasteiger partial charge in [-0.2, -0.15) is 0 Å². The summed E-state index contributed by atoms with van der Waals surface area (Å²) in [6.07, 6.45) is 5.17. The molecule has 6 heteroatoms. The summed E-state index contributed by atoms with van der Waals surface area (Å²) in [7, 11) is 1.67. The number of carbonyl (C=O) groups is 2. The van der Waals surface area contributed by atoms with Crippen LogP contribution in [-0.2, 0) is 9.59 Å². The van der Waals surface area contributed by atoms with E-state index in [4.69, 9.17) is 4.74 Å². The fourth-order valence-corrected chi connectivity index (χ4v) is 4.04. The number of methoxy groups -OCH3 is 1. The first-order valence-electron chi connectivity index (χ1n) is 12.5. The average molecular weight is 472 g/mol. The van der Waals surface area contributed by atoms with E-state index >= 15 is 0 Å². The Hall–Kier alpha value is -2.34. The summed E-state index contributed by atoms with van der Waals surface area (Å²) < 4.78 is 5.43. The van der Waals surface area contributed by atoms with Gasteiger partial charge in [-0.25, -0.2) is 0 Å². The molecular formula is C28H45N3O3. The fraction of sp³-hybridized carbons (Fsp3) is 0.643. The van der Waals surface area contributed by atoms with Gasteiger partial charge in [-0.1, -0.05) is 71.9 Å². The minimum atomic E-state index is -0.0548. The molecule has 0 unspecified atom stereocenters. The summed E-state index contributed by atoms with van der Waals surface area (Å²) in [6, 6.07) is 7.88. The maximum atomic E-state index is 13.1. The van der Waals surface area contributed by atoms with Crippen LogP contribution in [0, 0.1) is 10.8 Å². The minimum Gasteiger partial charge on any atom is -0.496 e. The fourth-order valence-electron chi connectivity index (χ4n) is 4.04. The summed E-state index contributed by atoms with van der Waals surface area (Å²) in [5, 5.41) is 0. The number of carbonyl (C=O) groups excluding carboxylic acids is 2. The Morgan fingerprint density at radius 1 is 0.971 bits per heavy atom. The highest BCUT2D eigenvalue weighted by molar-refractivity contribution is 5.77. The van der Waals surface area contributed by atoms with E-state index in [1.165, 1.54) is 0 Å². The highest BCUT2D eigenvalue weighted by Crippen LogP contribution is 2.22. The SMILES string of the molecule is COc1ccccc1/C=C/CN(CCN1CCN(C(=O)CC(C)(C)C)CC1)C(=O)CC(C)(C)C. The second-order valence-electron chi connectivity index (χ2n) is 11.7. The van der Waals surface area contributed by atoms with Crippen LogP contribution in [-0.4, -0.2) is 79.4 Å². The summed E-state index contributed by atoms with van der Waals surface area (Å²) in [4.78, 5) is 31.9. The van der Waals surface area contributed by atoms with Crippen LogP contribution >= 0.6 is 0 Å². The van der Waals surface area contributed by atoms with Gasteiger partial charge >= 0.3 is 0 Å². The molecule has 1 fully saturated rings. The van der Waals surface area contributed by atoms with Crippen molar-refractivity contribution >= 4 is 17.9 Å². The number of hydrogen-bond donors (Lipinski definition) is 0. The van der Waals surface area contributed by atoms with Crippen LogP contribution in [0.2, 0.25) is 0 Å². The lowest BCUT2D eigenvalue weighted by Crippen LogP contribution is -2.51. The van der Waals surface area contributed by atoms with Crippen molar-refractivity contribution in [1.82, 2.24) is 14.7 Å². The van der Waals surface area contributed by atoms with Gasteiger partial charge in [-0.15, -0.1) is 0 Å². The van der Waals surface area contributed by atoms with E-state index in [-0.39, 0.29) is 22.6 Å². The topological polar surface area (TPSA) is 53.1 Å². The second-order valence-corrected chi connectivity index (χ2v) is 11.7. The zero-order valence-electron chi connectivity index (χ0n) is 22.4. The predicted molar refractivity (Wildman–Crippen MR) is 140 cm³/mol. The van der Waals surface area contributed by atoms with Crippen LogP contribution < -0.4 is 4.74 Å². The van der Waals surface area contributed by atoms with Gasteiger partial charge in [0.05, 0.1) is 7.11 Å². The molecule has 0 aromatic heterocycles. The third kappa shape index (κ3) is 9.88. The molecule has 1 saturated heterocycles. The van der Waals surface area contributed by atoms with E-state index in [1.54, 1.807) is 7.11 Å². The van der Waals surface area contributed by atoms with Gasteiger partial charge in [0.25, 0.3) is 0 Å². The Kier molecular flexibility index (Phi) is 10.2. The van der Waals surface area contributed by atoms with Gasteiger partial charge < -0.3 is 14.5 Å². The third-order valence-corrected chi connectivity index (χ3v) is 5.89. The lowest BCUT2D eigenvalue weighted by Gasteiger charge is -2.37. The number of para-hydroxylation sites is 1. The number of benzene rings is 1. The van der Waals surface area contributed by atoms with Gasteiger partial charge in [0.15, 0.2) is 0 Å². The molecule has 1 aliphatic heterocycles. The van der Waals surface area contributed by atoms with Crippen LogP contribution in [0.4, 0.5) is 0 Å². The van der Waals surface area contributed by atoms with Gasteiger partial charge in [0.2, 0.25) is 11.8 Å². The average Bonchev–Trinajstić information content (AvgIpc) is 2.74. The first-order chi connectivity index (χ1) is 15.9. The molecule has 2 rings (SSSR count). The molecule has 1 aromatic rings. The summed E-state index contributed by atoms with van der Waals surface area (Å²) >= 11 is 0. The van der Waals surface area contributed by atoms with Crippen LogP contribution in [0.15, 0.2) is 30.3 Å². The van der Waals surface area contributed by atoms with Gasteiger partial charge in [-0.05, 0) is 16.9 Å². The molecule has 0 atom stereocenters. The summed E-state index contributed by atoms with van der Waals surface area (Å²) in [6.45, 7) is 17.9. The molecule has 1 aromatic carbocycles. The van der Waals surface area contributed by atoms with Crippen molar-refractivity contribution < 1.29 is 14.3 Å². The zero-order valence-corrected chi connectivity index (χ0v) is 22.4. The number of ether oxygens (including phenoxy) is 1. The highest BCUT2D eigenvalue weighted by atomic mass is 16.5. The van der Waals surface area contributed by atoms with E-state index in [9.17, 15) is 9.59 Å². The van der Waals surface area contributed by atoms with Crippen LogP contribution in [0.1, 0.15) is 59.9 Å². The van der Waals surface area contributed by atoms with E-state index in [0.29, 0.717) is 25.9 Å². The van der Waals surface area contributed by atoms with Crippen LogP contribution in [0.25, 0.3) is 6.08 Å². The van der Waals surface area contributed by atoms with Crippen molar-refractivity contribution in [1.29, 1.82) is 0 Å². The predicted octanol–water partition coefficient (Wildman–Crippen LogP) is 4.55. The lowest BCUT2D eigenvalue weighted by molar-refractivity contribution is -0.134. The van der Waals surface area contributed by atoms with Crippen molar-refractivity contribution in [2.75, 3.05) is 52.9 Å². The normalized spacial score (nSPS) is 15.6. The summed E-state index contributed by atoms with van der Waals surface area (Å²) in [5.41, 5.74) is 0.962. The maximum Gasteiger partial charge on any atom is 0.223 e. The Balaban J connectivity index is 1.94. The van der Waals surface area contributed by atoms with Crippen molar-refractivity contribution in [2.45, 2.75) is 54.4 Å². The van der Waals surface area contributed by atoms with Gasteiger partial charge in [-0.3, -0.25) is 14.5 Å². The molecule has 0 N–H and O–H groups in total. The minimum absolute atomic E-state index is 0.0133. The standard InChI is InChI=1S/C28H45N3O3/c1-27(2,3)21-25(32)30(14-10-12-23-11-8-9-13-24(23)34-7)18-15-29-16-19-31(20-17-29)26(33)22-28(4,5)6/h8-13H,14-22H2,1-7H3/b12-10+. The largest absolute Gasteiger partial charge is 0.496 e. The Morgan fingerprint density at radius 2 is 1.59 bits per heavy atom. The molecule has 190 valence electrons. The lowest BCUT2D eigenvalue weighted by atomic mass is 9.91. The zero-order chi connectivity index (χ0) is 25.4. The Bertz CT molecular complexity index is 828. The number of nitrogens with zero attached hydrogens (tertiary/aromatic N) is 3. The maximum absolute atomic E-state index is 13.1. The number of piperazine rings is 1. The van der Waals surface area contributed by atoms with E-state index in [1.807, 2.05) is 46.2 Å². The molecule has 0 aliphatic carbocycles. The molecule has 0 saturated carbocycles. The number of hydrogen-bond acceptors (Lipinski definition) is 4. The van der Waals surface area contributed by atoms with Gasteiger partial charge in [0.1, 0.15) is 5.75 Å². The summed E-state index contributed by atoms with van der Waals surface area (Å²) in [5.74, 6) is 1.25. The molecule has 6 nitrogen and oxygen atoms in total. The molecule has 1 heterocycles. The second kappa shape index (κ2) is 12.4. The smallest absolute Gasteiger partial charge is 0.223 e. The van der Waals surface area contributed by atoms with E-state index in [2.05, 4.69) is 46.4 Å². The van der Waals surface area contributed by atoms with Crippen molar-refractivity contribution in [3.8, 4) is 5.75 Å². The quantitative estimate of drug-likeness (QED) is 0.530. The Morgan fingerprint density at radius 3 is 2.18 bits per heavy atom. The third-order valence-electron chi connectivity index (χ3n) is 5.89. The first-order valence-corrected chi connectivity index (χ1v) is 12.5. The van der Waals surface area contributed by atoms with Crippen molar-refractivity contribution in [2.24, 2.45) is 10.8 Å². The highest BCUT2D eigenvalue weighted by Gasteiger charge is 2.26. The first kappa shape index (κ1) is 27.9. The van der Waals surface area contributed by atoms with E-state index in [0.717, 1.165) is 44.0 Å². The van der Waals surface area contributed by atoms with Crippen molar-refractivity contribution in [3.05, 3.63) is 35.9 Å². The van der Waals surface area contributed by atoms with Crippen LogP contribution in [0.3, 0.4) is 0 Å². The van der Waals surface area contributed by atoms with Gasteiger partial charge in [0, 0.05) is 64.2 Å². The molecule has 1 aliphatic rings. The Labute approximate surface area is 206 Å². The molecular weight excluding hydrogens is 426 g/mol. The number of amides is 2. The van der Waals surface area contributed by atoms with E-state index < -0.39 is 0 Å². The van der Waals surface area contributed by atoms with Crippen molar-refractivity contribution in [3.63, 3.8) is 0 Å². The molecule has 0 spiro atoms. The van der Waals surface area contributed by atoms with Crippen LogP contribution in [0.5, 0.6) is 5.75 Å². The molecule has 2 amide bonds. The number of rotatable bonds is 9.